The quantitative estimate of drug-likeness (QED) is 0.593. The van der Waals surface area contributed by atoms with Crippen molar-refractivity contribution in [1.82, 2.24) is 4.72 Å². The second kappa shape index (κ2) is 7.82. The van der Waals surface area contributed by atoms with E-state index in [2.05, 4.69) is 4.72 Å². The standard InChI is InChI=1S/C18H27ClFNO3S/c1-16(2,3)24-14(22)11-18(7,21-25(23)17(4,5)6)12-9-8-10-13(20)15(12)19/h8-10,21H,11H2,1-7H3/t18-,25?/m0/s1. The highest BCUT2D eigenvalue weighted by Crippen LogP contribution is 2.35. The molecule has 0 spiro atoms. The van der Waals surface area contributed by atoms with Crippen molar-refractivity contribution in [3.05, 3.63) is 34.6 Å². The van der Waals surface area contributed by atoms with Gasteiger partial charge in [-0.1, -0.05) is 23.7 Å². The van der Waals surface area contributed by atoms with E-state index in [4.69, 9.17) is 16.3 Å². The maximum atomic E-state index is 13.9. The van der Waals surface area contributed by atoms with Crippen LogP contribution in [0.15, 0.2) is 18.2 Å². The first-order valence-electron chi connectivity index (χ1n) is 8.02. The molecule has 142 valence electrons. The van der Waals surface area contributed by atoms with E-state index < -0.39 is 39.0 Å². The number of esters is 1. The summed E-state index contributed by atoms with van der Waals surface area (Å²) in [6, 6.07) is 4.36. The summed E-state index contributed by atoms with van der Waals surface area (Å²) in [7, 11) is 0. The van der Waals surface area contributed by atoms with Crippen LogP contribution in [0.25, 0.3) is 0 Å². The molecule has 1 N–H and O–H groups in total. The van der Waals surface area contributed by atoms with Crippen LogP contribution in [0.3, 0.4) is 0 Å². The van der Waals surface area contributed by atoms with E-state index in [-0.39, 0.29) is 11.4 Å². The molecule has 1 rings (SSSR count). The van der Waals surface area contributed by atoms with Gasteiger partial charge in [0.05, 0.1) is 17.0 Å². The molecule has 1 aromatic carbocycles. The van der Waals surface area contributed by atoms with Crippen molar-refractivity contribution in [1.29, 1.82) is 0 Å². The van der Waals surface area contributed by atoms with Crippen molar-refractivity contribution in [2.75, 3.05) is 0 Å². The third-order valence-corrected chi connectivity index (χ3v) is 5.47. The Morgan fingerprint density at radius 3 is 2.28 bits per heavy atom. The van der Waals surface area contributed by atoms with Crippen molar-refractivity contribution in [3.63, 3.8) is 0 Å². The van der Waals surface area contributed by atoms with Crippen LogP contribution < -0.4 is 4.72 Å². The van der Waals surface area contributed by atoms with E-state index >= 15 is 0 Å². The zero-order valence-corrected chi connectivity index (χ0v) is 17.4. The lowest BCUT2D eigenvalue weighted by Crippen LogP contribution is -2.51. The molecule has 0 heterocycles. The second-order valence-electron chi connectivity index (χ2n) is 8.18. The van der Waals surface area contributed by atoms with Crippen LogP contribution in [-0.2, 0) is 26.4 Å². The molecule has 0 aromatic heterocycles. The molecule has 0 aliphatic carbocycles. The molecular weight excluding hydrogens is 365 g/mol. The topological polar surface area (TPSA) is 61.4 Å². The number of carbonyl (C=O) groups is 1. The summed E-state index contributed by atoms with van der Waals surface area (Å²) in [6.07, 6.45) is -0.144. The lowest BCUT2D eigenvalue weighted by molar-refractivity contribution is -0.156. The second-order valence-corrected chi connectivity index (χ2v) is 10.5. The molecule has 7 heteroatoms. The van der Waals surface area contributed by atoms with Gasteiger partial charge in [0.25, 0.3) is 0 Å². The van der Waals surface area contributed by atoms with Gasteiger partial charge >= 0.3 is 5.97 Å². The minimum Gasteiger partial charge on any atom is -0.598 e. The van der Waals surface area contributed by atoms with Gasteiger partial charge in [-0.3, -0.25) is 4.79 Å². The van der Waals surface area contributed by atoms with Gasteiger partial charge in [-0.15, -0.1) is 4.72 Å². The average molecular weight is 392 g/mol. The van der Waals surface area contributed by atoms with Crippen LogP contribution in [0, 0.1) is 5.82 Å². The maximum absolute atomic E-state index is 13.9. The molecule has 1 aromatic rings. The highest BCUT2D eigenvalue weighted by atomic mass is 35.5. The number of halogens is 2. The van der Waals surface area contributed by atoms with Crippen LogP contribution >= 0.6 is 11.6 Å². The summed E-state index contributed by atoms with van der Waals surface area (Å²) in [5.41, 5.74) is -1.45. The van der Waals surface area contributed by atoms with E-state index in [0.717, 1.165) is 0 Å². The molecule has 2 atom stereocenters. The van der Waals surface area contributed by atoms with Crippen molar-refractivity contribution in [3.8, 4) is 0 Å². The molecule has 1 unspecified atom stereocenters. The Kier molecular flexibility index (Phi) is 6.95. The van der Waals surface area contributed by atoms with Gasteiger partial charge in [0, 0.05) is 11.4 Å². The smallest absolute Gasteiger partial charge is 0.308 e. The van der Waals surface area contributed by atoms with Crippen LogP contribution in [0.2, 0.25) is 5.02 Å². The summed E-state index contributed by atoms with van der Waals surface area (Å²) in [4.78, 5) is 12.4. The predicted molar refractivity (Wildman–Crippen MR) is 100 cm³/mol. The molecule has 0 aliphatic rings. The Morgan fingerprint density at radius 2 is 1.80 bits per heavy atom. The van der Waals surface area contributed by atoms with Gasteiger partial charge in [0.1, 0.15) is 16.2 Å². The van der Waals surface area contributed by atoms with E-state index in [1.807, 2.05) is 0 Å². The number of carbonyl (C=O) groups excluding carboxylic acids is 1. The third-order valence-electron chi connectivity index (χ3n) is 3.34. The first-order valence-corrected chi connectivity index (χ1v) is 9.54. The van der Waals surface area contributed by atoms with Crippen molar-refractivity contribution in [2.24, 2.45) is 0 Å². The summed E-state index contributed by atoms with van der Waals surface area (Å²) in [5, 5.41) is -0.105. The van der Waals surface area contributed by atoms with Gasteiger partial charge in [-0.05, 0) is 60.1 Å². The Bertz CT molecular complexity index is 628. The molecule has 0 fully saturated rings. The van der Waals surface area contributed by atoms with Gasteiger partial charge in [0.15, 0.2) is 0 Å². The predicted octanol–water partition coefficient (Wildman–Crippen LogP) is 4.48. The zero-order chi connectivity index (χ0) is 19.6. The molecule has 0 radical (unpaired) electrons. The van der Waals surface area contributed by atoms with Crippen LogP contribution in [0.5, 0.6) is 0 Å². The molecule has 4 nitrogen and oxygen atoms in total. The normalized spacial score (nSPS) is 16.2. The highest BCUT2D eigenvalue weighted by Gasteiger charge is 2.41. The fraction of sp³-hybridized carbons (Fsp3) is 0.611. The summed E-state index contributed by atoms with van der Waals surface area (Å²) in [5.74, 6) is -1.09. The van der Waals surface area contributed by atoms with Crippen molar-refractivity contribution < 1.29 is 18.5 Å². The van der Waals surface area contributed by atoms with Crippen LogP contribution in [-0.4, -0.2) is 20.9 Å². The Morgan fingerprint density at radius 1 is 1.24 bits per heavy atom. The van der Waals surface area contributed by atoms with E-state index in [1.54, 1.807) is 54.5 Å². The number of benzene rings is 1. The Balaban J connectivity index is 3.26. The molecule has 0 aliphatic heterocycles. The lowest BCUT2D eigenvalue weighted by Gasteiger charge is -2.35. The van der Waals surface area contributed by atoms with E-state index in [9.17, 15) is 13.7 Å². The fourth-order valence-corrected chi connectivity index (χ4v) is 3.37. The highest BCUT2D eigenvalue weighted by molar-refractivity contribution is 7.90. The molecule has 25 heavy (non-hydrogen) atoms. The lowest BCUT2D eigenvalue weighted by atomic mass is 9.89. The number of rotatable bonds is 5. The summed E-state index contributed by atoms with van der Waals surface area (Å²) >= 11 is 4.63. The van der Waals surface area contributed by atoms with Gasteiger partial charge in [-0.2, -0.15) is 0 Å². The summed E-state index contributed by atoms with van der Waals surface area (Å²) < 4.78 is 34.3. The molecular formula is C18H27ClFNO3S. The fourth-order valence-electron chi connectivity index (χ4n) is 2.14. The average Bonchev–Trinajstić information content (AvgIpc) is 2.37. The number of nitrogens with one attached hydrogen (secondary N) is 1. The monoisotopic (exact) mass is 391 g/mol. The van der Waals surface area contributed by atoms with Gasteiger partial charge in [0.2, 0.25) is 0 Å². The van der Waals surface area contributed by atoms with Gasteiger partial charge in [-0.25, -0.2) is 4.39 Å². The number of hydrogen-bond acceptors (Lipinski definition) is 4. The Hall–Kier alpha value is -0.820. The van der Waals surface area contributed by atoms with Crippen molar-refractivity contribution >= 4 is 28.9 Å². The third kappa shape index (κ3) is 6.44. The molecule has 0 saturated carbocycles. The maximum Gasteiger partial charge on any atom is 0.308 e. The van der Waals surface area contributed by atoms with E-state index in [1.165, 1.54) is 12.1 Å². The minimum absolute atomic E-state index is 0.105. The first-order chi connectivity index (χ1) is 11.2. The number of ether oxygens (including phenoxy) is 1. The SMILES string of the molecule is CC(C)(C)OC(=O)C[C@](C)(N[S+]([O-])C(C)(C)C)c1cccc(F)c1Cl. The number of hydrogen-bond donors (Lipinski definition) is 1. The van der Waals surface area contributed by atoms with Crippen molar-refractivity contribution in [2.45, 2.75) is 70.8 Å². The van der Waals surface area contributed by atoms with E-state index in [0.29, 0.717) is 5.56 Å². The van der Waals surface area contributed by atoms with Crippen LogP contribution in [0.4, 0.5) is 4.39 Å². The Labute approximate surface area is 157 Å². The summed E-state index contributed by atoms with van der Waals surface area (Å²) in [6.45, 7) is 12.4. The zero-order valence-electron chi connectivity index (χ0n) is 15.8. The molecule has 0 amide bonds. The molecule has 0 saturated heterocycles. The minimum atomic E-state index is -1.50. The van der Waals surface area contributed by atoms with Crippen LogP contribution in [0.1, 0.15) is 60.5 Å². The molecule has 0 bridgehead atoms. The first kappa shape index (κ1) is 22.2. The van der Waals surface area contributed by atoms with Gasteiger partial charge < -0.3 is 9.29 Å². The largest absolute Gasteiger partial charge is 0.598 e.